The molecule has 2 unspecified atom stereocenters. The zero-order valence-electron chi connectivity index (χ0n) is 6.75. The first kappa shape index (κ1) is 7.10. The minimum absolute atomic E-state index is 0.267. The van der Waals surface area contributed by atoms with Gasteiger partial charge in [0.05, 0.1) is 12.2 Å². The molecule has 0 N–H and O–H groups in total. The highest BCUT2D eigenvalue weighted by molar-refractivity contribution is 5.76. The summed E-state index contributed by atoms with van der Waals surface area (Å²) in [5.41, 5.74) is 0. The lowest BCUT2D eigenvalue weighted by Gasteiger charge is -2.47. The summed E-state index contributed by atoms with van der Waals surface area (Å²) in [7, 11) is 0. The normalized spacial score (nSPS) is 34.8. The van der Waals surface area contributed by atoms with Gasteiger partial charge in [-0.3, -0.25) is 4.79 Å². The number of hydrogen-bond acceptors (Lipinski definition) is 2. The van der Waals surface area contributed by atoms with E-state index in [4.69, 9.17) is 4.74 Å². The summed E-state index contributed by atoms with van der Waals surface area (Å²) in [5, 5.41) is 0. The van der Waals surface area contributed by atoms with E-state index in [1.54, 1.807) is 0 Å². The van der Waals surface area contributed by atoms with Gasteiger partial charge in [-0.15, -0.1) is 0 Å². The van der Waals surface area contributed by atoms with Crippen molar-refractivity contribution in [3.05, 3.63) is 0 Å². The summed E-state index contributed by atoms with van der Waals surface area (Å²) in [6.07, 6.45) is 2.49. The average molecular weight is 155 g/mol. The molecule has 3 heteroatoms. The SMILES string of the molecule is CCC(=O)N1CC2CC(C1)O2. The van der Waals surface area contributed by atoms with E-state index in [2.05, 4.69) is 0 Å². The van der Waals surface area contributed by atoms with Gasteiger partial charge >= 0.3 is 0 Å². The van der Waals surface area contributed by atoms with Gasteiger partial charge in [0.1, 0.15) is 0 Å². The molecule has 0 aliphatic carbocycles. The first-order chi connectivity index (χ1) is 5.29. The Kier molecular flexibility index (Phi) is 1.60. The second-order valence-corrected chi connectivity index (χ2v) is 3.27. The summed E-state index contributed by atoms with van der Waals surface area (Å²) < 4.78 is 5.41. The van der Waals surface area contributed by atoms with Crippen molar-refractivity contribution in [1.82, 2.24) is 4.90 Å². The maximum atomic E-state index is 11.2. The first-order valence-electron chi connectivity index (χ1n) is 4.23. The van der Waals surface area contributed by atoms with Crippen molar-refractivity contribution in [2.24, 2.45) is 0 Å². The van der Waals surface area contributed by atoms with Crippen LogP contribution in [0.2, 0.25) is 0 Å². The number of carbonyl (C=O) groups excluding carboxylic acids is 1. The van der Waals surface area contributed by atoms with E-state index in [0.29, 0.717) is 18.6 Å². The zero-order valence-corrected chi connectivity index (χ0v) is 6.75. The summed E-state index contributed by atoms with van der Waals surface area (Å²) in [6.45, 7) is 3.55. The van der Waals surface area contributed by atoms with Crippen LogP contribution in [0.5, 0.6) is 0 Å². The fourth-order valence-electron chi connectivity index (χ4n) is 1.78. The Balaban J connectivity index is 1.92. The zero-order chi connectivity index (χ0) is 7.84. The van der Waals surface area contributed by atoms with Crippen LogP contribution in [0.25, 0.3) is 0 Å². The standard InChI is InChI=1S/C8H13NO2/c1-2-8(10)9-4-6-3-7(5-9)11-6/h6-7H,2-5H2,1H3. The Bertz CT molecular complexity index is 165. The van der Waals surface area contributed by atoms with Gasteiger partial charge in [0, 0.05) is 25.9 Å². The molecule has 3 rings (SSSR count). The van der Waals surface area contributed by atoms with Crippen LogP contribution in [0.3, 0.4) is 0 Å². The van der Waals surface area contributed by atoms with E-state index in [-0.39, 0.29) is 5.91 Å². The molecular weight excluding hydrogens is 142 g/mol. The van der Waals surface area contributed by atoms with Crippen molar-refractivity contribution in [2.75, 3.05) is 13.1 Å². The van der Waals surface area contributed by atoms with Gasteiger partial charge in [-0.25, -0.2) is 0 Å². The van der Waals surface area contributed by atoms with Crippen LogP contribution in [0.15, 0.2) is 0 Å². The van der Waals surface area contributed by atoms with E-state index < -0.39 is 0 Å². The lowest BCUT2D eigenvalue weighted by molar-refractivity contribution is -0.187. The monoisotopic (exact) mass is 155 g/mol. The van der Waals surface area contributed by atoms with Gasteiger partial charge in [-0.05, 0) is 0 Å². The number of piperidine rings is 1. The molecule has 3 saturated heterocycles. The molecule has 3 fully saturated rings. The number of ether oxygens (including phenoxy) is 1. The van der Waals surface area contributed by atoms with Gasteiger partial charge in [0.15, 0.2) is 0 Å². The van der Waals surface area contributed by atoms with E-state index in [9.17, 15) is 4.79 Å². The molecule has 2 atom stereocenters. The fraction of sp³-hybridized carbons (Fsp3) is 0.875. The topological polar surface area (TPSA) is 29.5 Å². The molecule has 0 aromatic rings. The first-order valence-corrected chi connectivity index (χ1v) is 4.23. The predicted octanol–water partition coefficient (Wildman–Crippen LogP) is 0.396. The third-order valence-corrected chi connectivity index (χ3v) is 2.41. The quantitative estimate of drug-likeness (QED) is 0.548. The molecule has 2 bridgehead atoms. The minimum Gasteiger partial charge on any atom is -0.371 e. The van der Waals surface area contributed by atoms with E-state index in [1.165, 1.54) is 0 Å². The van der Waals surface area contributed by atoms with Gasteiger partial charge in [-0.1, -0.05) is 6.92 Å². The van der Waals surface area contributed by atoms with Gasteiger partial charge in [0.25, 0.3) is 0 Å². The van der Waals surface area contributed by atoms with Crippen LogP contribution in [0.4, 0.5) is 0 Å². The summed E-state index contributed by atoms with van der Waals surface area (Å²) in [6, 6.07) is 0. The van der Waals surface area contributed by atoms with Gasteiger partial charge < -0.3 is 9.64 Å². The Morgan fingerprint density at radius 2 is 2.09 bits per heavy atom. The average Bonchev–Trinajstić information content (AvgIpc) is 2.02. The number of hydrogen-bond donors (Lipinski definition) is 0. The maximum Gasteiger partial charge on any atom is 0.222 e. The van der Waals surface area contributed by atoms with Crippen LogP contribution in [-0.2, 0) is 9.53 Å². The number of morpholine rings is 1. The van der Waals surface area contributed by atoms with Crippen molar-refractivity contribution in [3.63, 3.8) is 0 Å². The van der Waals surface area contributed by atoms with Crippen molar-refractivity contribution in [1.29, 1.82) is 0 Å². The van der Waals surface area contributed by atoms with Crippen LogP contribution in [0.1, 0.15) is 19.8 Å². The van der Waals surface area contributed by atoms with E-state index in [0.717, 1.165) is 19.5 Å². The number of fused-ring (bicyclic) bond motifs is 2. The van der Waals surface area contributed by atoms with Crippen molar-refractivity contribution in [2.45, 2.75) is 32.0 Å². The minimum atomic E-state index is 0.267. The van der Waals surface area contributed by atoms with Crippen molar-refractivity contribution >= 4 is 5.91 Å². The molecule has 62 valence electrons. The molecule has 3 aliphatic rings. The van der Waals surface area contributed by atoms with Gasteiger partial charge in [-0.2, -0.15) is 0 Å². The van der Waals surface area contributed by atoms with Crippen molar-refractivity contribution < 1.29 is 9.53 Å². The van der Waals surface area contributed by atoms with Crippen LogP contribution in [-0.4, -0.2) is 36.1 Å². The second kappa shape index (κ2) is 2.48. The molecule has 0 aromatic heterocycles. The van der Waals surface area contributed by atoms with Crippen LogP contribution in [0, 0.1) is 0 Å². The summed E-state index contributed by atoms with van der Waals surface area (Å²) >= 11 is 0. The lowest BCUT2D eigenvalue weighted by Crippen LogP contribution is -2.58. The molecular formula is C8H13NO2. The number of rotatable bonds is 1. The molecule has 1 amide bonds. The highest BCUT2D eigenvalue weighted by atomic mass is 16.5. The molecule has 0 radical (unpaired) electrons. The number of carbonyl (C=O) groups is 1. The summed E-state index contributed by atoms with van der Waals surface area (Å²) in [4.78, 5) is 13.1. The van der Waals surface area contributed by atoms with Crippen molar-refractivity contribution in [3.8, 4) is 0 Å². The highest BCUT2D eigenvalue weighted by Gasteiger charge is 2.39. The number of nitrogens with zero attached hydrogens (tertiary/aromatic N) is 1. The number of amides is 1. The van der Waals surface area contributed by atoms with E-state index >= 15 is 0 Å². The molecule has 3 nitrogen and oxygen atoms in total. The largest absolute Gasteiger partial charge is 0.371 e. The predicted molar refractivity (Wildman–Crippen MR) is 40.1 cm³/mol. The third kappa shape index (κ3) is 1.13. The molecule has 0 aromatic carbocycles. The molecule has 0 saturated carbocycles. The maximum absolute atomic E-state index is 11.2. The second-order valence-electron chi connectivity index (χ2n) is 3.27. The Morgan fingerprint density at radius 1 is 1.55 bits per heavy atom. The molecule has 3 aliphatic heterocycles. The summed E-state index contributed by atoms with van der Waals surface area (Å²) in [5.74, 6) is 0.267. The third-order valence-electron chi connectivity index (χ3n) is 2.41. The van der Waals surface area contributed by atoms with Crippen LogP contribution < -0.4 is 0 Å². The lowest BCUT2D eigenvalue weighted by atomic mass is 9.98. The Morgan fingerprint density at radius 3 is 2.55 bits per heavy atom. The molecule has 0 spiro atoms. The Labute approximate surface area is 66.3 Å². The Hall–Kier alpha value is -0.570. The van der Waals surface area contributed by atoms with Gasteiger partial charge in [0.2, 0.25) is 5.91 Å². The smallest absolute Gasteiger partial charge is 0.222 e. The molecule has 3 heterocycles. The van der Waals surface area contributed by atoms with E-state index in [1.807, 2.05) is 11.8 Å². The van der Waals surface area contributed by atoms with Crippen LogP contribution >= 0.6 is 0 Å². The highest BCUT2D eigenvalue weighted by Crippen LogP contribution is 2.27. The molecule has 11 heavy (non-hydrogen) atoms. The fourth-order valence-corrected chi connectivity index (χ4v) is 1.78.